The molecule has 0 spiro atoms. The molecule has 0 bridgehead atoms. The van der Waals surface area contributed by atoms with Crippen molar-refractivity contribution in [2.45, 2.75) is 13.0 Å². The van der Waals surface area contributed by atoms with Crippen LogP contribution in [0, 0.1) is 0 Å². The predicted octanol–water partition coefficient (Wildman–Crippen LogP) is 0.907. The zero-order valence-electron chi connectivity index (χ0n) is 10.0. The Balaban J connectivity index is 2.53. The first kappa shape index (κ1) is 13.5. The van der Waals surface area contributed by atoms with Crippen molar-refractivity contribution in [3.63, 3.8) is 0 Å². The van der Waals surface area contributed by atoms with Crippen molar-refractivity contribution in [1.29, 1.82) is 0 Å². The highest BCUT2D eigenvalue weighted by Crippen LogP contribution is 2.07. The molecule has 0 aliphatic rings. The van der Waals surface area contributed by atoms with Crippen LogP contribution in [0.5, 0.6) is 0 Å². The van der Waals surface area contributed by atoms with Crippen molar-refractivity contribution < 1.29 is 9.94 Å². The van der Waals surface area contributed by atoms with Gasteiger partial charge in [-0.15, -0.1) is 0 Å². The Morgan fingerprint density at radius 3 is 2.94 bits per heavy atom. The number of nitrogens with one attached hydrogen (secondary N) is 1. The second kappa shape index (κ2) is 7.65. The maximum atomic E-state index is 8.68. The average molecular weight is 237 g/mol. The fourth-order valence-electron chi connectivity index (χ4n) is 1.54. The summed E-state index contributed by atoms with van der Waals surface area (Å²) in [6.45, 7) is 2.31. The lowest BCUT2D eigenvalue weighted by molar-refractivity contribution is 0.194. The quantitative estimate of drug-likeness (QED) is 0.216. The van der Waals surface area contributed by atoms with Crippen LogP contribution in [-0.2, 0) is 11.3 Å². The molecule has 0 aromatic heterocycles. The van der Waals surface area contributed by atoms with Crippen LogP contribution in [0.1, 0.15) is 17.5 Å². The van der Waals surface area contributed by atoms with Crippen LogP contribution in [0.25, 0.3) is 0 Å². The summed E-state index contributed by atoms with van der Waals surface area (Å²) in [7, 11) is 1.69. The number of oxime groups is 1. The number of amidine groups is 1. The molecule has 17 heavy (non-hydrogen) atoms. The standard InChI is InChI=1S/C12H19N3O2/c1-17-8-4-7-14-9-10-5-2-3-6-11(10)12(13)15-16/h2-3,5-6,14,16H,4,7-9H2,1H3,(H2,13,15). The highest BCUT2D eigenvalue weighted by Gasteiger charge is 2.05. The Bertz CT molecular complexity index is 367. The van der Waals surface area contributed by atoms with E-state index >= 15 is 0 Å². The van der Waals surface area contributed by atoms with E-state index in [9.17, 15) is 0 Å². The van der Waals surface area contributed by atoms with Crippen molar-refractivity contribution >= 4 is 5.84 Å². The summed E-state index contributed by atoms with van der Waals surface area (Å²) in [6, 6.07) is 7.58. The maximum Gasteiger partial charge on any atom is 0.170 e. The van der Waals surface area contributed by atoms with Gasteiger partial charge in [-0.25, -0.2) is 0 Å². The van der Waals surface area contributed by atoms with Crippen LogP contribution in [0.2, 0.25) is 0 Å². The lowest BCUT2D eigenvalue weighted by Gasteiger charge is -2.09. The zero-order valence-corrected chi connectivity index (χ0v) is 10.0. The molecular formula is C12H19N3O2. The lowest BCUT2D eigenvalue weighted by Crippen LogP contribution is -2.21. The topological polar surface area (TPSA) is 79.9 Å². The van der Waals surface area contributed by atoms with Crippen molar-refractivity contribution in [1.82, 2.24) is 5.32 Å². The molecule has 0 aliphatic heterocycles. The monoisotopic (exact) mass is 237 g/mol. The van der Waals surface area contributed by atoms with E-state index in [4.69, 9.17) is 15.7 Å². The molecule has 0 unspecified atom stereocenters. The predicted molar refractivity (Wildman–Crippen MR) is 67.2 cm³/mol. The summed E-state index contributed by atoms with van der Waals surface area (Å²) < 4.78 is 4.96. The van der Waals surface area contributed by atoms with Crippen LogP contribution in [-0.4, -0.2) is 31.3 Å². The van der Waals surface area contributed by atoms with E-state index in [0.717, 1.165) is 30.7 Å². The fourth-order valence-corrected chi connectivity index (χ4v) is 1.54. The minimum Gasteiger partial charge on any atom is -0.409 e. The first-order valence-electron chi connectivity index (χ1n) is 5.55. The van der Waals surface area contributed by atoms with Gasteiger partial charge in [0.2, 0.25) is 0 Å². The smallest absolute Gasteiger partial charge is 0.170 e. The van der Waals surface area contributed by atoms with Gasteiger partial charge in [0.1, 0.15) is 0 Å². The van der Waals surface area contributed by atoms with Gasteiger partial charge in [-0.2, -0.15) is 0 Å². The molecule has 0 aliphatic carbocycles. The minimum absolute atomic E-state index is 0.138. The molecule has 94 valence electrons. The molecule has 1 aromatic carbocycles. The van der Waals surface area contributed by atoms with Gasteiger partial charge in [0.05, 0.1) is 0 Å². The second-order valence-electron chi connectivity index (χ2n) is 3.67. The Morgan fingerprint density at radius 2 is 2.24 bits per heavy atom. The Labute approximate surface area is 101 Å². The molecule has 1 aromatic rings. The van der Waals surface area contributed by atoms with Gasteiger partial charge in [-0.1, -0.05) is 29.4 Å². The number of rotatable bonds is 7. The number of methoxy groups -OCH3 is 1. The minimum atomic E-state index is 0.138. The number of benzene rings is 1. The van der Waals surface area contributed by atoms with E-state index < -0.39 is 0 Å². The van der Waals surface area contributed by atoms with E-state index in [2.05, 4.69) is 10.5 Å². The van der Waals surface area contributed by atoms with Crippen molar-refractivity contribution in [2.24, 2.45) is 10.9 Å². The van der Waals surface area contributed by atoms with Crippen LogP contribution in [0.15, 0.2) is 29.4 Å². The van der Waals surface area contributed by atoms with Gasteiger partial charge in [0.15, 0.2) is 5.84 Å². The highest BCUT2D eigenvalue weighted by molar-refractivity contribution is 5.98. The van der Waals surface area contributed by atoms with Gasteiger partial charge in [0.25, 0.3) is 0 Å². The Hall–Kier alpha value is -1.59. The average Bonchev–Trinajstić information content (AvgIpc) is 2.38. The Morgan fingerprint density at radius 1 is 1.47 bits per heavy atom. The number of hydrogen-bond acceptors (Lipinski definition) is 4. The molecule has 1 rings (SSSR count). The van der Waals surface area contributed by atoms with Crippen LogP contribution < -0.4 is 11.1 Å². The number of nitrogens with zero attached hydrogens (tertiary/aromatic N) is 1. The number of ether oxygens (including phenoxy) is 1. The van der Waals surface area contributed by atoms with E-state index in [1.54, 1.807) is 7.11 Å². The maximum absolute atomic E-state index is 8.68. The number of nitrogens with two attached hydrogens (primary N) is 1. The molecule has 5 nitrogen and oxygen atoms in total. The summed E-state index contributed by atoms with van der Waals surface area (Å²) in [5.74, 6) is 0.138. The van der Waals surface area contributed by atoms with Gasteiger partial charge < -0.3 is 21.0 Å². The van der Waals surface area contributed by atoms with Crippen molar-refractivity contribution in [3.05, 3.63) is 35.4 Å². The molecule has 0 atom stereocenters. The third-order valence-electron chi connectivity index (χ3n) is 2.42. The first-order valence-corrected chi connectivity index (χ1v) is 5.55. The van der Waals surface area contributed by atoms with E-state index in [0.29, 0.717) is 6.54 Å². The summed E-state index contributed by atoms with van der Waals surface area (Å²) in [4.78, 5) is 0. The van der Waals surface area contributed by atoms with Crippen molar-refractivity contribution in [2.75, 3.05) is 20.3 Å². The van der Waals surface area contributed by atoms with E-state index in [1.807, 2.05) is 24.3 Å². The SMILES string of the molecule is COCCCNCc1ccccc1/C(N)=N/O. The second-order valence-corrected chi connectivity index (χ2v) is 3.67. The molecule has 5 heteroatoms. The molecule has 0 saturated carbocycles. The summed E-state index contributed by atoms with van der Waals surface area (Å²) in [6.07, 6.45) is 0.961. The Kier molecular flexibility index (Phi) is 6.06. The third kappa shape index (κ3) is 4.42. The molecule has 0 saturated heterocycles. The zero-order chi connectivity index (χ0) is 12.5. The van der Waals surface area contributed by atoms with Gasteiger partial charge in [-0.3, -0.25) is 0 Å². The molecule has 4 N–H and O–H groups in total. The van der Waals surface area contributed by atoms with Crippen LogP contribution >= 0.6 is 0 Å². The third-order valence-corrected chi connectivity index (χ3v) is 2.42. The van der Waals surface area contributed by atoms with Gasteiger partial charge in [-0.05, 0) is 18.5 Å². The van der Waals surface area contributed by atoms with Crippen molar-refractivity contribution in [3.8, 4) is 0 Å². The summed E-state index contributed by atoms with van der Waals surface area (Å²) >= 11 is 0. The summed E-state index contributed by atoms with van der Waals surface area (Å²) in [5.41, 5.74) is 7.37. The molecule has 0 fully saturated rings. The molecular weight excluding hydrogens is 218 g/mol. The highest BCUT2D eigenvalue weighted by atomic mass is 16.5. The van der Waals surface area contributed by atoms with Crippen LogP contribution in [0.4, 0.5) is 0 Å². The molecule has 0 heterocycles. The lowest BCUT2D eigenvalue weighted by atomic mass is 10.1. The molecule has 0 amide bonds. The first-order chi connectivity index (χ1) is 8.29. The van der Waals surface area contributed by atoms with Gasteiger partial charge in [0, 0.05) is 25.8 Å². The van der Waals surface area contributed by atoms with E-state index in [-0.39, 0.29) is 5.84 Å². The normalized spacial score (nSPS) is 11.7. The largest absolute Gasteiger partial charge is 0.409 e. The summed E-state index contributed by atoms with van der Waals surface area (Å²) in [5, 5.41) is 15.0. The number of hydrogen-bond donors (Lipinski definition) is 3. The van der Waals surface area contributed by atoms with Crippen LogP contribution in [0.3, 0.4) is 0 Å². The van der Waals surface area contributed by atoms with Gasteiger partial charge >= 0.3 is 0 Å². The van der Waals surface area contributed by atoms with E-state index in [1.165, 1.54) is 0 Å². The molecule has 0 radical (unpaired) electrons. The fraction of sp³-hybridized carbons (Fsp3) is 0.417.